The van der Waals surface area contributed by atoms with Crippen molar-refractivity contribution < 1.29 is 19.2 Å². The molecular weight excluding hydrogens is 286 g/mol. The lowest BCUT2D eigenvalue weighted by Crippen LogP contribution is -2.27. The van der Waals surface area contributed by atoms with E-state index in [2.05, 4.69) is 10.6 Å². The van der Waals surface area contributed by atoms with Crippen molar-refractivity contribution in [3.63, 3.8) is 0 Å². The molecule has 0 radical (unpaired) electrons. The average molecular weight is 303 g/mol. The van der Waals surface area contributed by atoms with Gasteiger partial charge in [-0.15, -0.1) is 0 Å². The minimum Gasteiger partial charge on any atom is -0.493 e. The number of amides is 1. The first-order valence-electron chi connectivity index (χ1n) is 6.76. The number of rotatable bonds is 4. The predicted molar refractivity (Wildman–Crippen MR) is 78.4 cm³/mol. The van der Waals surface area contributed by atoms with Crippen molar-refractivity contribution in [2.75, 3.05) is 6.61 Å². The smallest absolute Gasteiger partial charge is 0.366 e. The maximum Gasteiger partial charge on any atom is 0.366 e. The maximum absolute atomic E-state index is 12.0. The van der Waals surface area contributed by atoms with Crippen molar-refractivity contribution in [3.8, 4) is 5.75 Å². The Morgan fingerprint density at radius 1 is 1.27 bits per heavy atom. The molecule has 7 heteroatoms. The van der Waals surface area contributed by atoms with Crippen molar-refractivity contribution in [2.24, 2.45) is 7.05 Å². The number of benzene rings is 1. The van der Waals surface area contributed by atoms with Gasteiger partial charge < -0.3 is 9.57 Å². The Morgan fingerprint density at radius 3 is 2.64 bits per heavy atom. The number of aryl methyl sites for hydroxylation is 2. The molecule has 0 saturated carbocycles. The molecule has 1 aromatic heterocycles. The van der Waals surface area contributed by atoms with Crippen LogP contribution in [0.5, 0.6) is 5.75 Å². The third-order valence-electron chi connectivity index (χ3n) is 2.90. The van der Waals surface area contributed by atoms with Gasteiger partial charge in [0.2, 0.25) is 0 Å². The Bertz CT molecular complexity index is 694. The van der Waals surface area contributed by atoms with E-state index in [-0.39, 0.29) is 5.56 Å². The zero-order chi connectivity index (χ0) is 16.1. The molecule has 0 aliphatic rings. The summed E-state index contributed by atoms with van der Waals surface area (Å²) in [6, 6.07) is 6.66. The van der Waals surface area contributed by atoms with Crippen LogP contribution < -0.4 is 10.2 Å². The van der Waals surface area contributed by atoms with Crippen LogP contribution in [0.2, 0.25) is 0 Å². The molecule has 0 saturated heterocycles. The highest BCUT2D eigenvalue weighted by atomic mass is 16.7. The van der Waals surface area contributed by atoms with Crippen LogP contribution in [0, 0.1) is 6.92 Å². The molecule has 0 aliphatic carbocycles. The van der Waals surface area contributed by atoms with Gasteiger partial charge >= 0.3 is 5.97 Å². The molecule has 0 aliphatic heterocycles. The second-order valence-electron chi connectivity index (χ2n) is 4.55. The zero-order valence-electron chi connectivity index (χ0n) is 12.6. The Kier molecular flexibility index (Phi) is 4.77. The van der Waals surface area contributed by atoms with Crippen molar-refractivity contribution in [1.29, 1.82) is 0 Å². The van der Waals surface area contributed by atoms with Crippen LogP contribution in [0.15, 0.2) is 30.5 Å². The van der Waals surface area contributed by atoms with Gasteiger partial charge in [-0.05, 0) is 26.0 Å². The average Bonchev–Trinajstić information content (AvgIpc) is 2.84. The third-order valence-corrected chi connectivity index (χ3v) is 2.90. The molecule has 22 heavy (non-hydrogen) atoms. The Labute approximate surface area is 127 Å². The fourth-order valence-corrected chi connectivity index (χ4v) is 1.94. The molecule has 2 aromatic rings. The second kappa shape index (κ2) is 6.75. The van der Waals surface area contributed by atoms with E-state index in [4.69, 9.17) is 9.57 Å². The number of para-hydroxylation sites is 1. The van der Waals surface area contributed by atoms with Crippen molar-refractivity contribution in [2.45, 2.75) is 13.8 Å². The molecule has 0 fully saturated rings. The summed E-state index contributed by atoms with van der Waals surface area (Å²) >= 11 is 0. The highest BCUT2D eigenvalue weighted by molar-refractivity contribution is 5.97. The summed E-state index contributed by atoms with van der Waals surface area (Å²) in [7, 11) is 1.70. The van der Waals surface area contributed by atoms with E-state index in [1.165, 1.54) is 4.68 Å². The molecule has 2 rings (SSSR count). The Hall–Kier alpha value is -2.83. The van der Waals surface area contributed by atoms with E-state index in [9.17, 15) is 9.59 Å². The van der Waals surface area contributed by atoms with E-state index in [0.29, 0.717) is 23.6 Å². The largest absolute Gasteiger partial charge is 0.493 e. The van der Waals surface area contributed by atoms with Crippen LogP contribution in [0.3, 0.4) is 0 Å². The fourth-order valence-electron chi connectivity index (χ4n) is 1.94. The first-order valence-corrected chi connectivity index (χ1v) is 6.76. The molecule has 1 amide bonds. The monoisotopic (exact) mass is 303 g/mol. The van der Waals surface area contributed by atoms with E-state index < -0.39 is 11.9 Å². The summed E-state index contributed by atoms with van der Waals surface area (Å²) in [5.74, 6) is -0.825. The van der Waals surface area contributed by atoms with E-state index in [1.54, 1.807) is 44.4 Å². The summed E-state index contributed by atoms with van der Waals surface area (Å²) < 4.78 is 6.86. The van der Waals surface area contributed by atoms with Gasteiger partial charge in [-0.25, -0.2) is 4.79 Å². The zero-order valence-corrected chi connectivity index (χ0v) is 12.6. The lowest BCUT2D eigenvalue weighted by atomic mass is 10.2. The van der Waals surface area contributed by atoms with Crippen LogP contribution in [-0.2, 0) is 11.9 Å². The van der Waals surface area contributed by atoms with Gasteiger partial charge in [0.25, 0.3) is 5.91 Å². The van der Waals surface area contributed by atoms with E-state index in [1.807, 2.05) is 6.92 Å². The lowest BCUT2D eigenvalue weighted by molar-refractivity contribution is 0.0226. The fraction of sp³-hybridized carbons (Fsp3) is 0.267. The number of hydrogen-bond acceptors (Lipinski definition) is 5. The van der Waals surface area contributed by atoms with Gasteiger partial charge in [-0.1, -0.05) is 12.1 Å². The number of nitrogens with one attached hydrogen (secondary N) is 1. The first kappa shape index (κ1) is 15.6. The molecule has 0 unspecified atom stereocenters. The van der Waals surface area contributed by atoms with Gasteiger partial charge in [-0.2, -0.15) is 10.6 Å². The lowest BCUT2D eigenvalue weighted by Gasteiger charge is -2.09. The molecular formula is C15H17N3O4. The highest BCUT2D eigenvalue weighted by Crippen LogP contribution is 2.18. The van der Waals surface area contributed by atoms with Crippen LogP contribution in [0.25, 0.3) is 0 Å². The van der Waals surface area contributed by atoms with Gasteiger partial charge in [0.15, 0.2) is 0 Å². The van der Waals surface area contributed by atoms with Crippen LogP contribution in [-0.4, -0.2) is 28.3 Å². The molecule has 0 atom stereocenters. The second-order valence-corrected chi connectivity index (χ2v) is 4.55. The summed E-state index contributed by atoms with van der Waals surface area (Å²) in [6.45, 7) is 3.93. The molecule has 0 spiro atoms. The minimum atomic E-state index is -0.695. The number of aromatic nitrogens is 2. The van der Waals surface area contributed by atoms with Crippen LogP contribution in [0.1, 0.15) is 33.3 Å². The van der Waals surface area contributed by atoms with E-state index >= 15 is 0 Å². The summed E-state index contributed by atoms with van der Waals surface area (Å²) in [6.07, 6.45) is 1.55. The van der Waals surface area contributed by atoms with Gasteiger partial charge in [0.05, 0.1) is 17.9 Å². The van der Waals surface area contributed by atoms with E-state index in [0.717, 1.165) is 0 Å². The first-order chi connectivity index (χ1) is 10.5. The van der Waals surface area contributed by atoms with Gasteiger partial charge in [0.1, 0.15) is 11.3 Å². The number of carbonyl (C=O) groups is 2. The number of carbonyl (C=O) groups excluding carboxylic acids is 2. The Morgan fingerprint density at radius 2 is 2.00 bits per heavy atom. The third kappa shape index (κ3) is 3.43. The van der Waals surface area contributed by atoms with Crippen molar-refractivity contribution in [3.05, 3.63) is 47.3 Å². The molecule has 0 bridgehead atoms. The molecule has 116 valence electrons. The SMILES string of the molecule is CCOc1ccccc1C(=O)ONC(=O)c1cn(C)nc1C. The standard InChI is InChI=1S/C15H17N3O4/c1-4-21-13-8-6-5-7-11(13)15(20)22-17-14(19)12-9-18(3)16-10(12)2/h5-9H,4H2,1-3H3,(H,17,19). The van der Waals surface area contributed by atoms with Gasteiger partial charge in [0, 0.05) is 13.2 Å². The number of hydrogen-bond donors (Lipinski definition) is 1. The quantitative estimate of drug-likeness (QED) is 0.868. The van der Waals surface area contributed by atoms with Crippen LogP contribution in [0.4, 0.5) is 0 Å². The number of nitrogens with zero attached hydrogens (tertiary/aromatic N) is 2. The van der Waals surface area contributed by atoms with Crippen molar-refractivity contribution in [1.82, 2.24) is 15.3 Å². The summed E-state index contributed by atoms with van der Waals surface area (Å²) in [5.41, 5.74) is 3.25. The van der Waals surface area contributed by atoms with Crippen molar-refractivity contribution >= 4 is 11.9 Å². The molecule has 7 nitrogen and oxygen atoms in total. The summed E-state index contributed by atoms with van der Waals surface area (Å²) in [4.78, 5) is 28.8. The van der Waals surface area contributed by atoms with Gasteiger partial charge in [-0.3, -0.25) is 9.48 Å². The number of hydroxylamine groups is 1. The molecule has 1 aromatic carbocycles. The Balaban J connectivity index is 2.04. The maximum atomic E-state index is 12.0. The summed E-state index contributed by atoms with van der Waals surface area (Å²) in [5, 5.41) is 4.05. The molecule has 1 N–H and O–H groups in total. The van der Waals surface area contributed by atoms with Crippen LogP contribution >= 0.6 is 0 Å². The topological polar surface area (TPSA) is 82.5 Å². The normalized spacial score (nSPS) is 10.1. The highest BCUT2D eigenvalue weighted by Gasteiger charge is 2.17. The molecule has 1 heterocycles. The predicted octanol–water partition coefficient (Wildman–Crippen LogP) is 1.63. The number of ether oxygens (including phenoxy) is 1. The minimum absolute atomic E-state index is 0.243.